The zero-order valence-electron chi connectivity index (χ0n) is 14.7. The number of nitrogens with zero attached hydrogens (tertiary/aromatic N) is 2. The predicted molar refractivity (Wildman–Crippen MR) is 95.6 cm³/mol. The first-order valence-corrected chi connectivity index (χ1v) is 9.95. The van der Waals surface area contributed by atoms with Gasteiger partial charge in [-0.3, -0.25) is 4.79 Å². The number of aliphatic hydroxyl groups is 1. The van der Waals surface area contributed by atoms with Crippen LogP contribution in [0.3, 0.4) is 0 Å². The minimum atomic E-state index is -0.169. The summed E-state index contributed by atoms with van der Waals surface area (Å²) in [6.07, 6.45) is 8.97. The third-order valence-electron chi connectivity index (χ3n) is 7.22. The first kappa shape index (κ1) is 15.1. The van der Waals surface area contributed by atoms with Gasteiger partial charge in [-0.25, -0.2) is 9.97 Å². The van der Waals surface area contributed by atoms with Gasteiger partial charge in [0.15, 0.2) is 5.65 Å². The SMILES string of the molecule is O=C(NC12CC3CC(C1)C(O)C(C3)C2)c1ccnc2nc(C3CC3)[nH]c12. The zero-order chi connectivity index (χ0) is 17.5. The van der Waals surface area contributed by atoms with Gasteiger partial charge in [-0.15, -0.1) is 0 Å². The van der Waals surface area contributed by atoms with Gasteiger partial charge in [0.1, 0.15) is 5.82 Å². The largest absolute Gasteiger partial charge is 0.393 e. The molecule has 0 radical (unpaired) electrons. The van der Waals surface area contributed by atoms with E-state index in [1.54, 1.807) is 12.3 Å². The number of aromatic nitrogens is 3. The number of hydrogen-bond acceptors (Lipinski definition) is 4. The maximum absolute atomic E-state index is 13.2. The Balaban J connectivity index is 1.32. The van der Waals surface area contributed by atoms with Crippen molar-refractivity contribution in [3.05, 3.63) is 23.7 Å². The Hall–Kier alpha value is -1.95. The highest BCUT2D eigenvalue weighted by atomic mass is 16.3. The van der Waals surface area contributed by atoms with Gasteiger partial charge in [0.2, 0.25) is 0 Å². The number of hydrogen-bond donors (Lipinski definition) is 3. The molecule has 2 aromatic heterocycles. The van der Waals surface area contributed by atoms with Crippen molar-refractivity contribution in [2.75, 3.05) is 0 Å². The minimum Gasteiger partial charge on any atom is -0.393 e. The van der Waals surface area contributed by atoms with Crippen LogP contribution in [0.2, 0.25) is 0 Å². The number of aliphatic hydroxyl groups excluding tert-OH is 1. The second-order valence-electron chi connectivity index (χ2n) is 9.15. The Morgan fingerprint density at radius 2 is 2.00 bits per heavy atom. The second-order valence-corrected chi connectivity index (χ2v) is 9.15. The van der Waals surface area contributed by atoms with Gasteiger partial charge >= 0.3 is 0 Å². The zero-order valence-corrected chi connectivity index (χ0v) is 14.7. The van der Waals surface area contributed by atoms with Crippen molar-refractivity contribution in [1.29, 1.82) is 0 Å². The molecule has 6 nitrogen and oxygen atoms in total. The number of imidazole rings is 1. The van der Waals surface area contributed by atoms with Crippen molar-refractivity contribution in [2.45, 2.75) is 62.5 Å². The van der Waals surface area contributed by atoms with Gasteiger partial charge in [-0.05, 0) is 68.8 Å². The highest BCUT2D eigenvalue weighted by Gasteiger charge is 2.55. The summed E-state index contributed by atoms with van der Waals surface area (Å²) in [7, 11) is 0. The quantitative estimate of drug-likeness (QED) is 0.791. The molecule has 5 saturated carbocycles. The normalized spacial score (nSPS) is 38.0. The Morgan fingerprint density at radius 3 is 2.73 bits per heavy atom. The molecule has 4 bridgehead atoms. The molecule has 0 aromatic carbocycles. The topological polar surface area (TPSA) is 90.9 Å². The molecule has 5 aliphatic rings. The van der Waals surface area contributed by atoms with Crippen LogP contribution < -0.4 is 5.32 Å². The van der Waals surface area contributed by atoms with E-state index in [1.165, 1.54) is 0 Å². The van der Waals surface area contributed by atoms with Crippen LogP contribution in [-0.2, 0) is 0 Å². The highest BCUT2D eigenvalue weighted by molar-refractivity contribution is 6.04. The van der Waals surface area contributed by atoms with Crippen LogP contribution in [0.15, 0.2) is 12.3 Å². The van der Waals surface area contributed by atoms with Crippen LogP contribution in [0.25, 0.3) is 11.2 Å². The third kappa shape index (κ3) is 2.17. The number of nitrogens with one attached hydrogen (secondary N) is 2. The molecule has 1 amide bonds. The number of pyridine rings is 1. The van der Waals surface area contributed by atoms with Gasteiger partial charge in [0, 0.05) is 17.7 Å². The molecule has 26 heavy (non-hydrogen) atoms. The van der Waals surface area contributed by atoms with Crippen molar-refractivity contribution in [2.24, 2.45) is 17.8 Å². The van der Waals surface area contributed by atoms with Gasteiger partial charge < -0.3 is 15.4 Å². The first-order chi connectivity index (χ1) is 12.6. The van der Waals surface area contributed by atoms with E-state index in [1.807, 2.05) is 0 Å². The molecule has 0 spiro atoms. The number of rotatable bonds is 3. The van der Waals surface area contributed by atoms with E-state index < -0.39 is 0 Å². The number of aromatic amines is 1. The monoisotopic (exact) mass is 352 g/mol. The van der Waals surface area contributed by atoms with Gasteiger partial charge in [-0.2, -0.15) is 0 Å². The Kier molecular flexibility index (Phi) is 2.95. The lowest BCUT2D eigenvalue weighted by Crippen LogP contribution is -2.63. The molecule has 5 aliphatic carbocycles. The number of amides is 1. The Bertz CT molecular complexity index is 886. The summed E-state index contributed by atoms with van der Waals surface area (Å²) >= 11 is 0. The predicted octanol–water partition coefficient (Wildman–Crippen LogP) is 2.50. The summed E-state index contributed by atoms with van der Waals surface area (Å²) in [5.41, 5.74) is 1.91. The summed E-state index contributed by atoms with van der Waals surface area (Å²) in [5.74, 6) is 2.80. The van der Waals surface area contributed by atoms with E-state index in [0.717, 1.165) is 56.3 Å². The standard InChI is InChI=1S/C20H24N4O2/c25-16-12-5-10-6-13(16)9-20(7-10,8-12)24-19(26)14-3-4-21-18-15(14)22-17(23-18)11-1-2-11/h3-4,10-13,16,25H,1-2,5-9H2,(H,24,26)(H,21,22,23). The van der Waals surface area contributed by atoms with E-state index in [2.05, 4.69) is 20.3 Å². The van der Waals surface area contributed by atoms with E-state index in [-0.39, 0.29) is 17.6 Å². The molecule has 7 rings (SSSR count). The third-order valence-corrected chi connectivity index (χ3v) is 7.22. The molecule has 2 aromatic rings. The lowest BCUT2D eigenvalue weighted by molar-refractivity contribution is -0.109. The van der Waals surface area contributed by atoms with Gasteiger partial charge in [0.25, 0.3) is 5.91 Å². The molecule has 6 heteroatoms. The highest BCUT2D eigenvalue weighted by Crippen LogP contribution is 2.55. The molecule has 2 atom stereocenters. The number of carbonyl (C=O) groups excluding carboxylic acids is 1. The lowest BCUT2D eigenvalue weighted by Gasteiger charge is -2.58. The Morgan fingerprint density at radius 1 is 1.23 bits per heavy atom. The van der Waals surface area contributed by atoms with E-state index >= 15 is 0 Å². The van der Waals surface area contributed by atoms with Crippen LogP contribution >= 0.6 is 0 Å². The maximum Gasteiger partial charge on any atom is 0.254 e. The number of H-pyrrole nitrogens is 1. The smallest absolute Gasteiger partial charge is 0.254 e. The van der Waals surface area contributed by atoms with Crippen molar-refractivity contribution < 1.29 is 9.90 Å². The molecule has 0 saturated heterocycles. The molecule has 5 fully saturated rings. The average Bonchev–Trinajstić information content (AvgIpc) is 3.36. The van der Waals surface area contributed by atoms with Crippen LogP contribution in [-0.4, -0.2) is 37.6 Å². The molecular weight excluding hydrogens is 328 g/mol. The van der Waals surface area contributed by atoms with Crippen LogP contribution in [0.5, 0.6) is 0 Å². The molecule has 2 heterocycles. The summed E-state index contributed by atoms with van der Waals surface area (Å²) in [6.45, 7) is 0. The molecular formula is C20H24N4O2. The first-order valence-electron chi connectivity index (χ1n) is 9.95. The fourth-order valence-corrected chi connectivity index (χ4v) is 6.13. The summed E-state index contributed by atoms with van der Waals surface area (Å²) in [5, 5.41) is 13.8. The summed E-state index contributed by atoms with van der Waals surface area (Å²) in [6, 6.07) is 1.79. The minimum absolute atomic E-state index is 0.0279. The van der Waals surface area contributed by atoms with E-state index in [9.17, 15) is 9.90 Å². The van der Waals surface area contributed by atoms with Crippen molar-refractivity contribution in [3.63, 3.8) is 0 Å². The van der Waals surface area contributed by atoms with Crippen molar-refractivity contribution in [1.82, 2.24) is 20.3 Å². The van der Waals surface area contributed by atoms with E-state index in [4.69, 9.17) is 0 Å². The Labute approximate surface area is 151 Å². The lowest BCUT2D eigenvalue weighted by atomic mass is 9.51. The fourth-order valence-electron chi connectivity index (χ4n) is 6.13. The average molecular weight is 352 g/mol. The van der Waals surface area contributed by atoms with Crippen molar-refractivity contribution >= 4 is 17.1 Å². The van der Waals surface area contributed by atoms with Crippen molar-refractivity contribution in [3.8, 4) is 0 Å². The van der Waals surface area contributed by atoms with Gasteiger partial charge in [0.05, 0.1) is 17.2 Å². The van der Waals surface area contributed by atoms with Crippen LogP contribution in [0.4, 0.5) is 0 Å². The number of carbonyl (C=O) groups is 1. The molecule has 136 valence electrons. The number of fused-ring (bicyclic) bond motifs is 1. The summed E-state index contributed by atoms with van der Waals surface area (Å²) in [4.78, 5) is 25.4. The molecule has 2 unspecified atom stereocenters. The van der Waals surface area contributed by atoms with Crippen LogP contribution in [0.1, 0.15) is 67.0 Å². The van der Waals surface area contributed by atoms with Crippen LogP contribution in [0, 0.1) is 17.8 Å². The fraction of sp³-hybridized carbons (Fsp3) is 0.650. The maximum atomic E-state index is 13.2. The van der Waals surface area contributed by atoms with E-state index in [0.29, 0.717) is 34.9 Å². The molecule has 3 N–H and O–H groups in total. The van der Waals surface area contributed by atoms with Gasteiger partial charge in [-0.1, -0.05) is 0 Å². The summed E-state index contributed by atoms with van der Waals surface area (Å²) < 4.78 is 0. The molecule has 0 aliphatic heterocycles. The second kappa shape index (κ2) is 5.06.